The number of ether oxygens (including phenoxy) is 2. The highest BCUT2D eigenvalue weighted by Gasteiger charge is 2.33. The van der Waals surface area contributed by atoms with Gasteiger partial charge in [-0.15, -0.1) is 0 Å². The molecular weight excluding hydrogens is 378 g/mol. The van der Waals surface area contributed by atoms with E-state index in [0.717, 1.165) is 22.6 Å². The minimum atomic E-state index is -0.0936. The SMILES string of the molecule is CC(C)c1ccc(/C=C2\Oc3c(ccc4c3CN(Cc3ccco3)CO4)C2=O)cc1. The largest absolute Gasteiger partial charge is 0.478 e. The Bertz CT molecular complexity index is 1110. The van der Waals surface area contributed by atoms with Crippen molar-refractivity contribution >= 4 is 11.9 Å². The fourth-order valence-electron chi connectivity index (χ4n) is 3.86. The number of carbonyl (C=O) groups excluding carboxylic acids is 1. The molecule has 0 N–H and O–H groups in total. The molecule has 152 valence electrons. The quantitative estimate of drug-likeness (QED) is 0.550. The van der Waals surface area contributed by atoms with E-state index in [0.29, 0.717) is 42.8 Å². The Morgan fingerprint density at radius 2 is 1.93 bits per heavy atom. The lowest BCUT2D eigenvalue weighted by Crippen LogP contribution is -2.31. The number of carbonyl (C=O) groups is 1. The smallest absolute Gasteiger partial charge is 0.231 e. The van der Waals surface area contributed by atoms with E-state index in [2.05, 4.69) is 30.9 Å². The Hall–Kier alpha value is -3.31. The van der Waals surface area contributed by atoms with Crippen LogP contribution in [0.3, 0.4) is 0 Å². The maximum absolute atomic E-state index is 12.9. The van der Waals surface area contributed by atoms with Crippen LogP contribution in [0.15, 0.2) is 65.0 Å². The van der Waals surface area contributed by atoms with Gasteiger partial charge in [0.2, 0.25) is 5.78 Å². The molecule has 3 aromatic rings. The molecule has 1 aromatic heterocycles. The number of hydrogen-bond donors (Lipinski definition) is 0. The van der Waals surface area contributed by atoms with Gasteiger partial charge in [-0.3, -0.25) is 9.69 Å². The van der Waals surface area contributed by atoms with Gasteiger partial charge in [0.1, 0.15) is 24.0 Å². The molecule has 5 nitrogen and oxygen atoms in total. The topological polar surface area (TPSA) is 51.9 Å². The average Bonchev–Trinajstić information content (AvgIpc) is 3.37. The lowest BCUT2D eigenvalue weighted by atomic mass is 10.0. The molecule has 0 amide bonds. The minimum absolute atomic E-state index is 0.0936. The number of Topliss-reactive ketones (excluding diaryl/α,β-unsaturated/α-hetero) is 1. The Kier molecular flexibility index (Phi) is 4.68. The maximum Gasteiger partial charge on any atom is 0.231 e. The number of benzene rings is 2. The van der Waals surface area contributed by atoms with Crippen molar-refractivity contribution in [2.45, 2.75) is 32.9 Å². The molecule has 2 aromatic carbocycles. The summed E-state index contributed by atoms with van der Waals surface area (Å²) in [4.78, 5) is 15.0. The van der Waals surface area contributed by atoms with Gasteiger partial charge in [-0.2, -0.15) is 0 Å². The van der Waals surface area contributed by atoms with Crippen molar-refractivity contribution in [2.24, 2.45) is 0 Å². The highest BCUT2D eigenvalue weighted by Crippen LogP contribution is 2.42. The highest BCUT2D eigenvalue weighted by atomic mass is 16.5. The molecule has 0 fully saturated rings. The van der Waals surface area contributed by atoms with Gasteiger partial charge in [0.15, 0.2) is 5.76 Å². The predicted molar refractivity (Wildman–Crippen MR) is 113 cm³/mol. The van der Waals surface area contributed by atoms with Crippen molar-refractivity contribution in [1.82, 2.24) is 4.90 Å². The predicted octanol–water partition coefficient (Wildman–Crippen LogP) is 5.37. The molecule has 0 radical (unpaired) electrons. The van der Waals surface area contributed by atoms with Gasteiger partial charge < -0.3 is 13.9 Å². The second-order valence-electron chi connectivity index (χ2n) is 8.02. The summed E-state index contributed by atoms with van der Waals surface area (Å²) in [5, 5.41) is 0. The molecule has 0 unspecified atom stereocenters. The van der Waals surface area contributed by atoms with Gasteiger partial charge in [-0.05, 0) is 47.4 Å². The van der Waals surface area contributed by atoms with Crippen molar-refractivity contribution in [3.05, 3.63) is 88.6 Å². The van der Waals surface area contributed by atoms with Crippen LogP contribution in [0.1, 0.15) is 52.6 Å². The molecular formula is C25H23NO4. The summed E-state index contributed by atoms with van der Waals surface area (Å²) in [6, 6.07) is 15.7. The van der Waals surface area contributed by atoms with Crippen LogP contribution in [0, 0.1) is 0 Å². The summed E-state index contributed by atoms with van der Waals surface area (Å²) in [6.45, 7) is 6.05. The van der Waals surface area contributed by atoms with E-state index in [-0.39, 0.29) is 5.78 Å². The average molecular weight is 401 g/mol. The van der Waals surface area contributed by atoms with E-state index < -0.39 is 0 Å². The zero-order chi connectivity index (χ0) is 20.7. The van der Waals surface area contributed by atoms with Crippen LogP contribution >= 0.6 is 0 Å². The van der Waals surface area contributed by atoms with Crippen LogP contribution in [0.4, 0.5) is 0 Å². The van der Waals surface area contributed by atoms with Crippen LogP contribution < -0.4 is 9.47 Å². The Morgan fingerprint density at radius 3 is 2.67 bits per heavy atom. The van der Waals surface area contributed by atoms with Gasteiger partial charge in [-0.25, -0.2) is 0 Å². The van der Waals surface area contributed by atoms with Crippen molar-refractivity contribution in [2.75, 3.05) is 6.73 Å². The Labute approximate surface area is 175 Å². The third kappa shape index (κ3) is 3.42. The number of ketones is 1. The first kappa shape index (κ1) is 18.7. The van der Waals surface area contributed by atoms with E-state index in [1.165, 1.54) is 5.56 Å². The summed E-state index contributed by atoms with van der Waals surface area (Å²) in [5.41, 5.74) is 3.70. The number of hydrogen-bond acceptors (Lipinski definition) is 5. The van der Waals surface area contributed by atoms with Crippen molar-refractivity contribution in [3.63, 3.8) is 0 Å². The van der Waals surface area contributed by atoms with Gasteiger partial charge >= 0.3 is 0 Å². The zero-order valence-corrected chi connectivity index (χ0v) is 17.1. The summed E-state index contributed by atoms with van der Waals surface area (Å²) in [7, 11) is 0. The molecule has 2 aliphatic rings. The van der Waals surface area contributed by atoms with E-state index in [1.54, 1.807) is 12.3 Å². The highest BCUT2D eigenvalue weighted by molar-refractivity contribution is 6.15. The molecule has 0 saturated carbocycles. The number of nitrogens with zero attached hydrogens (tertiary/aromatic N) is 1. The normalized spacial score (nSPS) is 17.0. The molecule has 30 heavy (non-hydrogen) atoms. The fourth-order valence-corrected chi connectivity index (χ4v) is 3.86. The molecule has 2 aliphatic heterocycles. The van der Waals surface area contributed by atoms with Gasteiger partial charge in [0.05, 0.1) is 23.9 Å². The third-order valence-corrected chi connectivity index (χ3v) is 5.54. The van der Waals surface area contributed by atoms with E-state index in [4.69, 9.17) is 13.9 Å². The van der Waals surface area contributed by atoms with Crippen LogP contribution in [0.5, 0.6) is 11.5 Å². The second-order valence-corrected chi connectivity index (χ2v) is 8.02. The minimum Gasteiger partial charge on any atom is -0.478 e. The standard InChI is InChI=1S/C25H23NO4/c1-16(2)18-7-5-17(6-8-18)12-23-24(27)20-9-10-22-21(25(20)30-23)14-26(15-29-22)13-19-4-3-11-28-19/h3-12,16H,13-15H2,1-2H3/b23-12-. The van der Waals surface area contributed by atoms with Crippen LogP contribution in [0.25, 0.3) is 6.08 Å². The van der Waals surface area contributed by atoms with Crippen LogP contribution in [-0.4, -0.2) is 17.4 Å². The first-order valence-corrected chi connectivity index (χ1v) is 10.2. The molecule has 0 aliphatic carbocycles. The summed E-state index contributed by atoms with van der Waals surface area (Å²) >= 11 is 0. The second kappa shape index (κ2) is 7.50. The third-order valence-electron chi connectivity index (χ3n) is 5.54. The number of furan rings is 1. The monoisotopic (exact) mass is 401 g/mol. The lowest BCUT2D eigenvalue weighted by molar-refractivity contribution is 0.0810. The fraction of sp³-hybridized carbons (Fsp3) is 0.240. The van der Waals surface area contributed by atoms with Gasteiger partial charge in [0.25, 0.3) is 0 Å². The summed E-state index contributed by atoms with van der Waals surface area (Å²) in [6.07, 6.45) is 3.47. The van der Waals surface area contributed by atoms with E-state index in [9.17, 15) is 4.79 Å². The van der Waals surface area contributed by atoms with E-state index in [1.807, 2.05) is 36.4 Å². The number of rotatable bonds is 4. The molecule has 3 heterocycles. The first-order chi connectivity index (χ1) is 14.6. The molecule has 0 spiro atoms. The lowest BCUT2D eigenvalue weighted by Gasteiger charge is -2.29. The number of allylic oxidation sites excluding steroid dienone is 1. The number of fused-ring (bicyclic) bond motifs is 3. The molecule has 0 bridgehead atoms. The summed E-state index contributed by atoms with van der Waals surface area (Å²) < 4.78 is 17.4. The Balaban J connectivity index is 1.41. The van der Waals surface area contributed by atoms with Crippen LogP contribution in [-0.2, 0) is 13.1 Å². The molecule has 0 atom stereocenters. The van der Waals surface area contributed by atoms with Crippen molar-refractivity contribution < 1.29 is 18.7 Å². The van der Waals surface area contributed by atoms with Gasteiger partial charge in [-0.1, -0.05) is 38.1 Å². The van der Waals surface area contributed by atoms with Crippen LogP contribution in [0.2, 0.25) is 0 Å². The maximum atomic E-state index is 12.9. The molecule has 0 saturated heterocycles. The summed E-state index contributed by atoms with van der Waals surface area (Å²) in [5.74, 6) is 2.96. The molecule has 5 heteroatoms. The van der Waals surface area contributed by atoms with Crippen molar-refractivity contribution in [1.29, 1.82) is 0 Å². The van der Waals surface area contributed by atoms with E-state index >= 15 is 0 Å². The molecule has 5 rings (SSSR count). The Morgan fingerprint density at radius 1 is 1.10 bits per heavy atom. The van der Waals surface area contributed by atoms with Crippen molar-refractivity contribution in [3.8, 4) is 11.5 Å². The zero-order valence-electron chi connectivity index (χ0n) is 17.1. The first-order valence-electron chi connectivity index (χ1n) is 10.2. The van der Waals surface area contributed by atoms with Gasteiger partial charge in [0, 0.05) is 6.54 Å².